The molecule has 0 bridgehead atoms. The van der Waals surface area contributed by atoms with Crippen molar-refractivity contribution in [2.24, 2.45) is 11.8 Å². The number of thioether (sulfide) groups is 1. The fourth-order valence-electron chi connectivity index (χ4n) is 3.55. The highest BCUT2D eigenvalue weighted by Gasteiger charge is 2.29. The van der Waals surface area contributed by atoms with E-state index >= 15 is 0 Å². The average molecular weight is 422 g/mol. The van der Waals surface area contributed by atoms with Gasteiger partial charge in [-0.05, 0) is 56.0 Å². The average Bonchev–Trinajstić information content (AvgIpc) is 2.99. The minimum Gasteiger partial charge on any atom is -0.352 e. The van der Waals surface area contributed by atoms with Gasteiger partial charge in [-0.2, -0.15) is 0 Å². The van der Waals surface area contributed by atoms with Crippen LogP contribution < -0.4 is 5.32 Å². The van der Waals surface area contributed by atoms with Gasteiger partial charge in [0.1, 0.15) is 0 Å². The molecule has 1 N–H and O–H groups in total. The predicted molar refractivity (Wildman–Crippen MR) is 116 cm³/mol. The lowest BCUT2D eigenvalue weighted by Gasteiger charge is -2.35. The Balaban J connectivity index is 1.67. The number of amides is 1. The second-order valence-corrected chi connectivity index (χ2v) is 10.7. The maximum absolute atomic E-state index is 12.7. The third-order valence-corrected chi connectivity index (χ3v) is 7.97. The van der Waals surface area contributed by atoms with Gasteiger partial charge in [-0.25, -0.2) is 4.68 Å². The van der Waals surface area contributed by atoms with E-state index in [-0.39, 0.29) is 17.2 Å². The number of nitrogens with one attached hydrogen (secondary N) is 1. The minimum absolute atomic E-state index is 0.0921. The van der Waals surface area contributed by atoms with Crippen molar-refractivity contribution in [1.29, 1.82) is 0 Å². The van der Waals surface area contributed by atoms with Gasteiger partial charge in [0.2, 0.25) is 5.91 Å². The fraction of sp³-hybridized carbons (Fsp3) is 0.550. The summed E-state index contributed by atoms with van der Waals surface area (Å²) in [6, 6.07) is 8.34. The molecule has 1 aromatic heterocycles. The van der Waals surface area contributed by atoms with Crippen LogP contribution in [-0.4, -0.2) is 27.0 Å². The van der Waals surface area contributed by atoms with Gasteiger partial charge in [0.15, 0.2) is 8.29 Å². The lowest BCUT2D eigenvalue weighted by atomic mass is 9.78. The van der Waals surface area contributed by atoms with Crippen molar-refractivity contribution in [3.05, 3.63) is 33.8 Å². The van der Waals surface area contributed by atoms with Crippen LogP contribution >= 0.6 is 35.3 Å². The van der Waals surface area contributed by atoms with Crippen molar-refractivity contribution >= 4 is 41.2 Å². The monoisotopic (exact) mass is 421 g/mol. The number of carbonyl (C=O) groups is 1. The highest BCUT2D eigenvalue weighted by Crippen LogP contribution is 2.31. The van der Waals surface area contributed by atoms with Gasteiger partial charge in [-0.15, -0.1) is 5.10 Å². The van der Waals surface area contributed by atoms with Crippen LogP contribution in [0.2, 0.25) is 0 Å². The van der Waals surface area contributed by atoms with Crippen LogP contribution in [0.1, 0.15) is 45.6 Å². The highest BCUT2D eigenvalue weighted by atomic mass is 32.2. The largest absolute Gasteiger partial charge is 0.352 e. The van der Waals surface area contributed by atoms with Crippen LogP contribution in [0.3, 0.4) is 0 Å². The van der Waals surface area contributed by atoms with Gasteiger partial charge in [0.25, 0.3) is 0 Å². The van der Waals surface area contributed by atoms with Crippen molar-refractivity contribution in [2.75, 3.05) is 0 Å². The normalized spacial score (nSPS) is 23.8. The summed E-state index contributed by atoms with van der Waals surface area (Å²) >= 11 is 8.44. The number of benzene rings is 1. The molecule has 1 fully saturated rings. The SMILES string of the molecule is Cc1ccccc1-n1nc(S[C@H](C)C(=O)N[C@H]2CCC[C@H](C)[C@@H]2C)sc1=S. The predicted octanol–water partition coefficient (Wildman–Crippen LogP) is 5.39. The number of aryl methyl sites for hydroxylation is 1. The Morgan fingerprint density at radius 1 is 1.37 bits per heavy atom. The smallest absolute Gasteiger partial charge is 0.233 e. The molecule has 1 amide bonds. The second kappa shape index (κ2) is 8.88. The van der Waals surface area contributed by atoms with Crippen molar-refractivity contribution in [3.8, 4) is 5.69 Å². The van der Waals surface area contributed by atoms with Gasteiger partial charge in [0, 0.05) is 6.04 Å². The first-order valence-corrected chi connectivity index (χ1v) is 11.6. The number of hydrogen-bond donors (Lipinski definition) is 1. The first kappa shape index (κ1) is 20.6. The zero-order chi connectivity index (χ0) is 19.6. The van der Waals surface area contributed by atoms with Crippen molar-refractivity contribution in [2.45, 2.75) is 62.6 Å². The van der Waals surface area contributed by atoms with Gasteiger partial charge in [0.05, 0.1) is 10.9 Å². The quantitative estimate of drug-likeness (QED) is 0.519. The Kier molecular flexibility index (Phi) is 6.76. The number of carbonyl (C=O) groups excluding carboxylic acids is 1. The molecule has 7 heteroatoms. The summed E-state index contributed by atoms with van der Waals surface area (Å²) in [6.45, 7) is 8.53. The summed E-state index contributed by atoms with van der Waals surface area (Å²) in [4.78, 5) is 12.7. The van der Waals surface area contributed by atoms with Crippen molar-refractivity contribution in [3.63, 3.8) is 0 Å². The van der Waals surface area contributed by atoms with Crippen LogP contribution in [-0.2, 0) is 4.79 Å². The van der Waals surface area contributed by atoms with E-state index in [0.717, 1.165) is 22.0 Å². The molecule has 146 valence electrons. The van der Waals surface area contributed by atoms with E-state index in [4.69, 9.17) is 12.2 Å². The summed E-state index contributed by atoms with van der Waals surface area (Å²) in [5, 5.41) is 7.72. The van der Waals surface area contributed by atoms with E-state index in [0.29, 0.717) is 15.8 Å². The van der Waals surface area contributed by atoms with Crippen LogP contribution in [0, 0.1) is 22.7 Å². The van der Waals surface area contributed by atoms with Gasteiger partial charge >= 0.3 is 0 Å². The maximum Gasteiger partial charge on any atom is 0.233 e. The molecule has 3 rings (SSSR count). The third-order valence-electron chi connectivity index (χ3n) is 5.55. The molecular formula is C20H27N3OS3. The lowest BCUT2D eigenvalue weighted by Crippen LogP contribution is -2.46. The van der Waals surface area contributed by atoms with Crippen LogP contribution in [0.5, 0.6) is 0 Å². The summed E-state index contributed by atoms with van der Waals surface area (Å²) in [5.74, 6) is 1.29. The summed E-state index contributed by atoms with van der Waals surface area (Å²) < 4.78 is 3.33. The summed E-state index contributed by atoms with van der Waals surface area (Å²) in [7, 11) is 0. The number of nitrogens with zero attached hydrogens (tertiary/aromatic N) is 2. The van der Waals surface area contributed by atoms with E-state index < -0.39 is 0 Å². The molecule has 1 aliphatic carbocycles. The molecule has 1 aromatic carbocycles. The molecule has 2 aromatic rings. The molecule has 1 aliphatic rings. The Labute approximate surface area is 174 Å². The van der Waals surface area contributed by atoms with Gasteiger partial charge < -0.3 is 5.32 Å². The summed E-state index contributed by atoms with van der Waals surface area (Å²) in [6.07, 6.45) is 3.53. The topological polar surface area (TPSA) is 46.9 Å². The van der Waals surface area contributed by atoms with Crippen LogP contribution in [0.15, 0.2) is 28.6 Å². The van der Waals surface area contributed by atoms with Crippen LogP contribution in [0.25, 0.3) is 5.69 Å². The molecule has 0 saturated heterocycles. The van der Waals surface area contributed by atoms with E-state index in [1.807, 2.05) is 38.1 Å². The molecule has 0 spiro atoms. The number of hydrogen-bond acceptors (Lipinski definition) is 5. The van der Waals surface area contributed by atoms with Crippen LogP contribution in [0.4, 0.5) is 0 Å². The molecule has 1 heterocycles. The molecule has 0 radical (unpaired) electrons. The standard InChI is InChI=1S/C20H27N3OS3/c1-12-9-7-10-16(14(12)3)21-18(24)15(4)26-19-22-23(20(25)27-19)17-11-6-5-8-13(17)2/h5-6,8,11-12,14-16H,7,9-10H2,1-4H3,(H,21,24)/t12-,14-,15+,16-/m0/s1. The van der Waals surface area contributed by atoms with E-state index in [2.05, 4.69) is 24.3 Å². The van der Waals surface area contributed by atoms with Crippen molar-refractivity contribution in [1.82, 2.24) is 15.1 Å². The Bertz CT molecular complexity index is 860. The summed E-state index contributed by atoms with van der Waals surface area (Å²) in [5.41, 5.74) is 2.12. The molecule has 4 nitrogen and oxygen atoms in total. The molecule has 4 atom stereocenters. The number of para-hydroxylation sites is 1. The zero-order valence-electron chi connectivity index (χ0n) is 16.3. The molecule has 0 aliphatic heterocycles. The number of aromatic nitrogens is 2. The van der Waals surface area contributed by atoms with E-state index in [1.165, 1.54) is 35.9 Å². The molecular weight excluding hydrogens is 394 g/mol. The molecule has 1 saturated carbocycles. The van der Waals surface area contributed by atoms with E-state index in [1.54, 1.807) is 4.68 Å². The van der Waals surface area contributed by atoms with Gasteiger partial charge in [-0.1, -0.05) is 68.0 Å². The zero-order valence-corrected chi connectivity index (χ0v) is 18.7. The van der Waals surface area contributed by atoms with E-state index in [9.17, 15) is 4.79 Å². The fourth-order valence-corrected chi connectivity index (χ4v) is 6.05. The number of rotatable bonds is 5. The molecule has 27 heavy (non-hydrogen) atoms. The first-order valence-electron chi connectivity index (χ1n) is 9.50. The van der Waals surface area contributed by atoms with Crippen molar-refractivity contribution < 1.29 is 4.79 Å². The first-order chi connectivity index (χ1) is 12.9. The maximum atomic E-state index is 12.7. The van der Waals surface area contributed by atoms with Gasteiger partial charge in [-0.3, -0.25) is 4.79 Å². The second-order valence-electron chi connectivity index (χ2n) is 7.47. The minimum atomic E-state index is -0.194. The highest BCUT2D eigenvalue weighted by molar-refractivity contribution is 8.02. The Morgan fingerprint density at radius 2 is 2.11 bits per heavy atom. The Morgan fingerprint density at radius 3 is 2.85 bits per heavy atom. The molecule has 0 unspecified atom stereocenters. The Hall–Kier alpha value is -1.18. The lowest BCUT2D eigenvalue weighted by molar-refractivity contribution is -0.121. The third kappa shape index (κ3) is 4.81.